The van der Waals surface area contributed by atoms with Crippen molar-refractivity contribution in [3.63, 3.8) is 0 Å². The monoisotopic (exact) mass is 178 g/mol. The van der Waals surface area contributed by atoms with Crippen LogP contribution in [0.5, 0.6) is 0 Å². The van der Waals surface area contributed by atoms with E-state index in [0.29, 0.717) is 5.56 Å². The number of amides is 1. The van der Waals surface area contributed by atoms with Crippen molar-refractivity contribution in [2.75, 3.05) is 14.1 Å². The van der Waals surface area contributed by atoms with Crippen LogP contribution in [-0.4, -0.2) is 24.9 Å². The number of primary amides is 1. The van der Waals surface area contributed by atoms with Gasteiger partial charge in [-0.2, -0.15) is 0 Å². The topological polar surface area (TPSA) is 46.3 Å². The molecular formula is C10H14N2O. The molecule has 0 fully saturated rings. The molecular weight excluding hydrogens is 164 g/mol. The predicted octanol–water partition coefficient (Wildman–Crippen LogP) is 0.847. The molecule has 1 aromatic rings. The number of carbonyl (C=O) groups is 1. The van der Waals surface area contributed by atoms with E-state index in [0.717, 1.165) is 12.1 Å². The zero-order valence-corrected chi connectivity index (χ0v) is 7.95. The standard InChI is InChI=1S/C10H14N2O/c1-12(2)7-8-5-3-4-6-9(8)10(11)13/h3-6H,7H2,1-2H3,(H2,11,13). The molecule has 1 rings (SSSR count). The van der Waals surface area contributed by atoms with Gasteiger partial charge >= 0.3 is 0 Å². The molecule has 3 heteroatoms. The first-order valence-corrected chi connectivity index (χ1v) is 4.13. The molecule has 2 N–H and O–H groups in total. The Kier molecular flexibility index (Phi) is 3.03. The SMILES string of the molecule is CN(C)Cc1ccccc1C(N)=O. The third-order valence-corrected chi connectivity index (χ3v) is 1.77. The predicted molar refractivity (Wildman–Crippen MR) is 52.4 cm³/mol. The molecule has 0 aromatic heterocycles. The smallest absolute Gasteiger partial charge is 0.249 e. The number of rotatable bonds is 3. The lowest BCUT2D eigenvalue weighted by Crippen LogP contribution is -2.18. The number of nitrogens with two attached hydrogens (primary N) is 1. The van der Waals surface area contributed by atoms with Crippen LogP contribution < -0.4 is 5.73 Å². The summed E-state index contributed by atoms with van der Waals surface area (Å²) in [4.78, 5) is 13.0. The lowest BCUT2D eigenvalue weighted by molar-refractivity contribution is 0.0999. The minimum Gasteiger partial charge on any atom is -0.366 e. The molecule has 0 bridgehead atoms. The number of benzene rings is 1. The molecule has 0 saturated carbocycles. The van der Waals surface area contributed by atoms with Crippen LogP contribution in [0.25, 0.3) is 0 Å². The van der Waals surface area contributed by atoms with Gasteiger partial charge in [-0.1, -0.05) is 18.2 Å². The average Bonchev–Trinajstić information content (AvgIpc) is 2.03. The van der Waals surface area contributed by atoms with Crippen molar-refractivity contribution in [3.8, 4) is 0 Å². The lowest BCUT2D eigenvalue weighted by Gasteiger charge is -2.11. The maximum absolute atomic E-state index is 11.0. The molecule has 13 heavy (non-hydrogen) atoms. The normalized spacial score (nSPS) is 10.4. The van der Waals surface area contributed by atoms with Crippen molar-refractivity contribution >= 4 is 5.91 Å². The van der Waals surface area contributed by atoms with Crippen LogP contribution in [0.15, 0.2) is 24.3 Å². The highest BCUT2D eigenvalue weighted by Crippen LogP contribution is 2.09. The van der Waals surface area contributed by atoms with Crippen LogP contribution >= 0.6 is 0 Å². The van der Waals surface area contributed by atoms with Crippen LogP contribution in [0.3, 0.4) is 0 Å². The van der Waals surface area contributed by atoms with Gasteiger partial charge in [0.1, 0.15) is 0 Å². The maximum atomic E-state index is 11.0. The quantitative estimate of drug-likeness (QED) is 0.745. The van der Waals surface area contributed by atoms with Crippen molar-refractivity contribution in [2.24, 2.45) is 5.73 Å². The van der Waals surface area contributed by atoms with Crippen LogP contribution in [0.1, 0.15) is 15.9 Å². The fourth-order valence-electron chi connectivity index (χ4n) is 1.24. The van der Waals surface area contributed by atoms with Crippen molar-refractivity contribution < 1.29 is 4.79 Å². The largest absolute Gasteiger partial charge is 0.366 e. The van der Waals surface area contributed by atoms with Crippen molar-refractivity contribution in [2.45, 2.75) is 6.54 Å². The van der Waals surface area contributed by atoms with E-state index in [1.165, 1.54) is 0 Å². The molecule has 0 radical (unpaired) electrons. The molecule has 0 aliphatic rings. The van der Waals surface area contributed by atoms with E-state index in [1.54, 1.807) is 6.07 Å². The van der Waals surface area contributed by atoms with E-state index < -0.39 is 0 Å². The van der Waals surface area contributed by atoms with E-state index in [4.69, 9.17) is 5.73 Å². The fraction of sp³-hybridized carbons (Fsp3) is 0.300. The summed E-state index contributed by atoms with van der Waals surface area (Å²) in [5, 5.41) is 0. The van der Waals surface area contributed by atoms with E-state index in [1.807, 2.05) is 37.2 Å². The summed E-state index contributed by atoms with van der Waals surface area (Å²) >= 11 is 0. The number of nitrogens with zero attached hydrogens (tertiary/aromatic N) is 1. The highest BCUT2D eigenvalue weighted by molar-refractivity contribution is 5.94. The Morgan fingerprint density at radius 2 is 2.00 bits per heavy atom. The molecule has 0 atom stereocenters. The molecule has 70 valence electrons. The molecule has 0 spiro atoms. The van der Waals surface area contributed by atoms with Crippen LogP contribution in [0.2, 0.25) is 0 Å². The minimum atomic E-state index is -0.363. The van der Waals surface area contributed by atoms with Crippen LogP contribution in [0, 0.1) is 0 Å². The van der Waals surface area contributed by atoms with Crippen molar-refractivity contribution in [3.05, 3.63) is 35.4 Å². The number of hydrogen-bond acceptors (Lipinski definition) is 2. The van der Waals surface area contributed by atoms with Crippen LogP contribution in [0.4, 0.5) is 0 Å². The van der Waals surface area contributed by atoms with E-state index in [-0.39, 0.29) is 5.91 Å². The lowest BCUT2D eigenvalue weighted by atomic mass is 10.1. The van der Waals surface area contributed by atoms with Gasteiger partial charge < -0.3 is 10.6 Å². The second-order valence-corrected chi connectivity index (χ2v) is 3.26. The molecule has 0 saturated heterocycles. The van der Waals surface area contributed by atoms with Crippen molar-refractivity contribution in [1.29, 1.82) is 0 Å². The number of carbonyl (C=O) groups excluding carboxylic acids is 1. The maximum Gasteiger partial charge on any atom is 0.249 e. The molecule has 0 heterocycles. The average molecular weight is 178 g/mol. The Balaban J connectivity index is 2.98. The number of hydrogen-bond donors (Lipinski definition) is 1. The Morgan fingerprint density at radius 1 is 1.38 bits per heavy atom. The molecule has 1 amide bonds. The first-order chi connectivity index (χ1) is 6.11. The van der Waals surface area contributed by atoms with Crippen LogP contribution in [-0.2, 0) is 6.54 Å². The van der Waals surface area contributed by atoms with Gasteiger partial charge in [0, 0.05) is 12.1 Å². The third-order valence-electron chi connectivity index (χ3n) is 1.77. The Hall–Kier alpha value is -1.35. The van der Waals surface area contributed by atoms with E-state index in [9.17, 15) is 4.79 Å². The summed E-state index contributed by atoms with van der Waals surface area (Å²) in [6.07, 6.45) is 0. The zero-order valence-electron chi connectivity index (χ0n) is 7.95. The summed E-state index contributed by atoms with van der Waals surface area (Å²) in [6, 6.07) is 7.39. The zero-order chi connectivity index (χ0) is 9.84. The third kappa shape index (κ3) is 2.56. The Morgan fingerprint density at radius 3 is 2.54 bits per heavy atom. The van der Waals surface area contributed by atoms with E-state index >= 15 is 0 Å². The van der Waals surface area contributed by atoms with Gasteiger partial charge in [0.05, 0.1) is 0 Å². The summed E-state index contributed by atoms with van der Waals surface area (Å²) in [6.45, 7) is 0.735. The summed E-state index contributed by atoms with van der Waals surface area (Å²) < 4.78 is 0. The van der Waals surface area contributed by atoms with Gasteiger partial charge in [-0.25, -0.2) is 0 Å². The Bertz CT molecular complexity index is 308. The highest BCUT2D eigenvalue weighted by atomic mass is 16.1. The first-order valence-electron chi connectivity index (χ1n) is 4.13. The minimum absolute atomic E-state index is 0.363. The van der Waals surface area contributed by atoms with Gasteiger partial charge in [-0.15, -0.1) is 0 Å². The summed E-state index contributed by atoms with van der Waals surface area (Å²) in [5.41, 5.74) is 6.81. The fourth-order valence-corrected chi connectivity index (χ4v) is 1.24. The molecule has 1 aromatic carbocycles. The van der Waals surface area contributed by atoms with Gasteiger partial charge in [-0.05, 0) is 25.7 Å². The molecule has 0 aliphatic carbocycles. The van der Waals surface area contributed by atoms with Gasteiger partial charge in [0.15, 0.2) is 0 Å². The first kappa shape index (κ1) is 9.74. The van der Waals surface area contributed by atoms with E-state index in [2.05, 4.69) is 0 Å². The summed E-state index contributed by atoms with van der Waals surface area (Å²) in [5.74, 6) is -0.363. The summed E-state index contributed by atoms with van der Waals surface area (Å²) in [7, 11) is 3.91. The second kappa shape index (κ2) is 4.05. The van der Waals surface area contributed by atoms with Crippen molar-refractivity contribution in [1.82, 2.24) is 4.90 Å². The highest BCUT2D eigenvalue weighted by Gasteiger charge is 2.06. The second-order valence-electron chi connectivity index (χ2n) is 3.26. The molecule has 3 nitrogen and oxygen atoms in total. The molecule has 0 aliphatic heterocycles. The molecule has 0 unspecified atom stereocenters. The van der Waals surface area contributed by atoms with Gasteiger partial charge in [0.25, 0.3) is 0 Å². The van der Waals surface area contributed by atoms with Gasteiger partial charge in [0.2, 0.25) is 5.91 Å². The Labute approximate surface area is 78.2 Å². The van der Waals surface area contributed by atoms with Gasteiger partial charge in [-0.3, -0.25) is 4.79 Å².